The molecule has 0 aromatic heterocycles. The van der Waals surface area contributed by atoms with Crippen LogP contribution < -0.4 is 10.6 Å². The molecule has 0 radical (unpaired) electrons. The fraction of sp³-hybridized carbons (Fsp3) is 0.824. The van der Waals surface area contributed by atoms with Gasteiger partial charge in [-0.1, -0.05) is 61.1 Å². The molecule has 7 heteroatoms. The highest BCUT2D eigenvalue weighted by molar-refractivity contribution is 8.76. The van der Waals surface area contributed by atoms with Gasteiger partial charge in [-0.2, -0.15) is 0 Å². The molecule has 1 unspecified atom stereocenters. The lowest BCUT2D eigenvalue weighted by Crippen LogP contribution is -2.25. The lowest BCUT2D eigenvalue weighted by molar-refractivity contribution is 0.0954. The molecular weight excluding hydrogens is 344 g/mol. The van der Waals surface area contributed by atoms with Gasteiger partial charge < -0.3 is 20.1 Å². The van der Waals surface area contributed by atoms with Crippen LogP contribution in [0.5, 0.6) is 0 Å². The highest BCUT2D eigenvalue weighted by Crippen LogP contribution is 2.26. The second-order valence-electron chi connectivity index (χ2n) is 5.78. The van der Waals surface area contributed by atoms with Crippen molar-refractivity contribution >= 4 is 27.7 Å². The second kappa shape index (κ2) is 15.9. The van der Waals surface area contributed by atoms with Gasteiger partial charge in [0.1, 0.15) is 5.44 Å². The number of hydrogen-bond donors (Lipinski definition) is 2. The van der Waals surface area contributed by atoms with Gasteiger partial charge in [-0.15, -0.1) is 0 Å². The van der Waals surface area contributed by atoms with Gasteiger partial charge in [0, 0.05) is 30.7 Å². The fourth-order valence-electron chi connectivity index (χ4n) is 1.46. The van der Waals surface area contributed by atoms with E-state index in [4.69, 9.17) is 9.47 Å². The number of hydrogen-bond acceptors (Lipinski definition) is 6. The van der Waals surface area contributed by atoms with Crippen molar-refractivity contribution in [2.45, 2.75) is 52.5 Å². The van der Waals surface area contributed by atoms with Crippen LogP contribution >= 0.6 is 21.6 Å². The summed E-state index contributed by atoms with van der Waals surface area (Å²) < 4.78 is 10.7. The minimum absolute atomic E-state index is 0.134. The zero-order chi connectivity index (χ0) is 18.2. The summed E-state index contributed by atoms with van der Waals surface area (Å²) in [5.74, 6) is 7.21. The Bertz CT molecular complexity index is 382. The Morgan fingerprint density at radius 2 is 1.92 bits per heavy atom. The van der Waals surface area contributed by atoms with Crippen LogP contribution in [-0.2, 0) is 9.47 Å². The first-order valence-electron chi connectivity index (χ1n) is 8.44. The van der Waals surface area contributed by atoms with Crippen LogP contribution in [0.25, 0.3) is 0 Å². The van der Waals surface area contributed by atoms with Crippen molar-refractivity contribution in [1.82, 2.24) is 10.6 Å². The number of rotatable bonds is 12. The largest absolute Gasteiger partial charge is 0.449 e. The fourth-order valence-corrected chi connectivity index (χ4v) is 3.38. The van der Waals surface area contributed by atoms with Crippen LogP contribution in [0, 0.1) is 17.8 Å². The Morgan fingerprint density at radius 1 is 1.17 bits per heavy atom. The number of nitrogens with one attached hydrogen (secondary N) is 2. The summed E-state index contributed by atoms with van der Waals surface area (Å²) in [5, 5.41) is 5.97. The third kappa shape index (κ3) is 17.8. The Balaban J connectivity index is 3.42. The summed E-state index contributed by atoms with van der Waals surface area (Å²) in [5.41, 5.74) is 0.134. The van der Waals surface area contributed by atoms with Crippen LogP contribution in [-0.4, -0.2) is 49.6 Å². The van der Waals surface area contributed by atoms with Gasteiger partial charge in [-0.05, 0) is 6.92 Å². The van der Waals surface area contributed by atoms with E-state index in [1.807, 2.05) is 20.8 Å². The van der Waals surface area contributed by atoms with E-state index in [2.05, 4.69) is 36.3 Å². The predicted molar refractivity (Wildman–Crippen MR) is 105 cm³/mol. The molecule has 0 aliphatic heterocycles. The topological polar surface area (TPSA) is 59.6 Å². The van der Waals surface area contributed by atoms with Crippen molar-refractivity contribution in [3.8, 4) is 11.8 Å². The average Bonchev–Trinajstić information content (AvgIpc) is 2.50. The molecule has 0 aromatic rings. The smallest absolute Gasteiger partial charge is 0.407 e. The molecule has 0 aliphatic carbocycles. The molecule has 5 nitrogen and oxygen atoms in total. The van der Waals surface area contributed by atoms with E-state index in [9.17, 15) is 4.79 Å². The zero-order valence-electron chi connectivity index (χ0n) is 15.5. The third-order valence-corrected chi connectivity index (χ3v) is 5.16. The van der Waals surface area contributed by atoms with Gasteiger partial charge >= 0.3 is 6.09 Å². The van der Waals surface area contributed by atoms with Gasteiger partial charge in [-0.3, -0.25) is 0 Å². The Morgan fingerprint density at radius 3 is 2.58 bits per heavy atom. The standard InChI is InChI=1S/C17H32N2O3S2/c1-14(2)8-6-9-19-17(20)22-12-7-11-21-16(5)24-23-13-10-18-15(3)4/h14-16,18H,7,9-13H2,1-5H3,(H,19,20). The maximum atomic E-state index is 11.4. The molecule has 0 saturated carbocycles. The van der Waals surface area contributed by atoms with E-state index < -0.39 is 6.09 Å². The van der Waals surface area contributed by atoms with E-state index in [-0.39, 0.29) is 5.44 Å². The van der Waals surface area contributed by atoms with Crippen molar-refractivity contribution in [1.29, 1.82) is 0 Å². The highest BCUT2D eigenvalue weighted by atomic mass is 33.1. The van der Waals surface area contributed by atoms with Crippen LogP contribution in [0.4, 0.5) is 4.79 Å². The summed E-state index contributed by atoms with van der Waals surface area (Å²) in [6, 6.07) is 0.531. The molecule has 0 aliphatic rings. The summed E-state index contributed by atoms with van der Waals surface area (Å²) in [6.07, 6.45) is 0.263. The van der Waals surface area contributed by atoms with E-state index >= 15 is 0 Å². The molecule has 0 bridgehead atoms. The molecule has 24 heavy (non-hydrogen) atoms. The Hall–Kier alpha value is -0.550. The van der Waals surface area contributed by atoms with Crippen molar-refractivity contribution in [3.05, 3.63) is 0 Å². The van der Waals surface area contributed by atoms with Crippen molar-refractivity contribution in [2.75, 3.05) is 32.1 Å². The lowest BCUT2D eigenvalue weighted by Gasteiger charge is -2.12. The first-order chi connectivity index (χ1) is 11.4. The van der Waals surface area contributed by atoms with Crippen molar-refractivity contribution in [2.24, 2.45) is 5.92 Å². The summed E-state index contributed by atoms with van der Waals surface area (Å²) >= 11 is 0. The minimum atomic E-state index is -0.427. The molecule has 1 amide bonds. The van der Waals surface area contributed by atoms with Crippen LogP contribution in [0.2, 0.25) is 0 Å². The first kappa shape index (κ1) is 23.4. The third-order valence-electron chi connectivity index (χ3n) is 2.53. The molecule has 140 valence electrons. The average molecular weight is 377 g/mol. The SMILES string of the molecule is CC(C)C#CCNC(=O)OCCCOC(C)SSCCNC(C)C. The summed E-state index contributed by atoms with van der Waals surface area (Å²) in [4.78, 5) is 11.4. The zero-order valence-corrected chi connectivity index (χ0v) is 17.1. The Labute approximate surface area is 155 Å². The van der Waals surface area contributed by atoms with E-state index in [1.54, 1.807) is 21.6 Å². The van der Waals surface area contributed by atoms with E-state index in [0.29, 0.717) is 38.1 Å². The predicted octanol–water partition coefficient (Wildman–Crippen LogP) is 3.50. The summed E-state index contributed by atoms with van der Waals surface area (Å²) in [6.45, 7) is 12.6. The maximum absolute atomic E-state index is 11.4. The molecule has 0 saturated heterocycles. The summed E-state index contributed by atoms with van der Waals surface area (Å²) in [7, 11) is 3.53. The number of ether oxygens (including phenoxy) is 2. The van der Waals surface area contributed by atoms with Gasteiger partial charge in [-0.25, -0.2) is 4.79 Å². The number of carbonyl (C=O) groups is 1. The molecule has 0 aromatic carbocycles. The lowest BCUT2D eigenvalue weighted by atomic mass is 10.2. The molecule has 0 heterocycles. The molecule has 2 N–H and O–H groups in total. The monoisotopic (exact) mass is 376 g/mol. The molecule has 1 atom stereocenters. The quantitative estimate of drug-likeness (QED) is 0.235. The maximum Gasteiger partial charge on any atom is 0.407 e. The first-order valence-corrected chi connectivity index (χ1v) is 10.8. The van der Waals surface area contributed by atoms with Crippen molar-refractivity contribution < 1.29 is 14.3 Å². The van der Waals surface area contributed by atoms with Gasteiger partial charge in [0.05, 0.1) is 19.8 Å². The van der Waals surface area contributed by atoms with Crippen molar-refractivity contribution in [3.63, 3.8) is 0 Å². The molecule has 0 spiro atoms. The van der Waals surface area contributed by atoms with E-state index in [1.165, 1.54) is 0 Å². The van der Waals surface area contributed by atoms with Crippen LogP contribution in [0.15, 0.2) is 0 Å². The van der Waals surface area contributed by atoms with Gasteiger partial charge in [0.2, 0.25) is 0 Å². The molecule has 0 fully saturated rings. The normalized spacial score (nSPS) is 12.0. The van der Waals surface area contributed by atoms with Gasteiger partial charge in [0.25, 0.3) is 0 Å². The molecular formula is C17H32N2O3S2. The minimum Gasteiger partial charge on any atom is -0.449 e. The van der Waals surface area contributed by atoms with Crippen LogP contribution in [0.1, 0.15) is 41.0 Å². The van der Waals surface area contributed by atoms with Gasteiger partial charge in [0.15, 0.2) is 0 Å². The Kier molecular flexibility index (Phi) is 15.6. The number of carbonyl (C=O) groups excluding carboxylic acids is 1. The second-order valence-corrected chi connectivity index (χ2v) is 8.57. The molecule has 0 rings (SSSR count). The van der Waals surface area contributed by atoms with Crippen LogP contribution in [0.3, 0.4) is 0 Å². The van der Waals surface area contributed by atoms with E-state index in [0.717, 1.165) is 12.3 Å². The highest BCUT2D eigenvalue weighted by Gasteiger charge is 2.04. The number of amides is 1. The number of alkyl carbamates (subject to hydrolysis) is 1.